The molecule has 1 aliphatic heterocycles. The number of aryl methyl sites for hydroxylation is 1. The van der Waals surface area contributed by atoms with Crippen LogP contribution in [0.1, 0.15) is 16.3 Å². The normalized spacial score (nSPS) is 14.9. The van der Waals surface area contributed by atoms with E-state index in [0.717, 1.165) is 54.1 Å². The molecule has 0 saturated carbocycles. The molecule has 0 unspecified atom stereocenters. The van der Waals surface area contributed by atoms with E-state index in [1.165, 1.54) is 16.9 Å². The zero-order valence-corrected chi connectivity index (χ0v) is 17.2. The lowest BCUT2D eigenvalue weighted by molar-refractivity contribution is -0.115. The van der Waals surface area contributed by atoms with Crippen molar-refractivity contribution < 1.29 is 9.53 Å². The Morgan fingerprint density at radius 1 is 1.21 bits per heavy atom. The van der Waals surface area contributed by atoms with Crippen molar-refractivity contribution in [3.05, 3.63) is 45.9 Å². The molecule has 0 atom stereocenters. The maximum atomic E-state index is 12.1. The van der Waals surface area contributed by atoms with Gasteiger partial charge in [-0.2, -0.15) is 0 Å². The van der Waals surface area contributed by atoms with E-state index >= 15 is 0 Å². The predicted octanol–water partition coefficient (Wildman–Crippen LogP) is 2.98. The molecule has 1 N–H and O–H groups in total. The van der Waals surface area contributed by atoms with Gasteiger partial charge in [0.15, 0.2) is 0 Å². The SMILES string of the molecule is Cc1nnc(NC(=O)Cc2csc(-c3ccc(CN4CCOCC4)cc3)n2)s1. The van der Waals surface area contributed by atoms with Gasteiger partial charge in [-0.25, -0.2) is 4.98 Å². The minimum Gasteiger partial charge on any atom is -0.379 e. The third-order valence-corrected chi connectivity index (χ3v) is 6.07. The highest BCUT2D eigenvalue weighted by Gasteiger charge is 2.13. The van der Waals surface area contributed by atoms with Gasteiger partial charge in [0.1, 0.15) is 10.0 Å². The lowest BCUT2D eigenvalue weighted by Gasteiger charge is -2.26. The van der Waals surface area contributed by atoms with Gasteiger partial charge in [0.2, 0.25) is 11.0 Å². The molecule has 0 bridgehead atoms. The molecule has 4 rings (SSSR count). The number of ether oxygens (including phenoxy) is 1. The summed E-state index contributed by atoms with van der Waals surface area (Å²) in [7, 11) is 0. The van der Waals surface area contributed by atoms with E-state index in [4.69, 9.17) is 4.74 Å². The maximum Gasteiger partial charge on any atom is 0.232 e. The Bertz CT molecular complexity index is 932. The van der Waals surface area contributed by atoms with Crippen molar-refractivity contribution in [2.45, 2.75) is 19.9 Å². The van der Waals surface area contributed by atoms with Crippen LogP contribution in [0.3, 0.4) is 0 Å². The Morgan fingerprint density at radius 2 is 2.00 bits per heavy atom. The van der Waals surface area contributed by atoms with Gasteiger partial charge in [-0.15, -0.1) is 21.5 Å². The molecule has 9 heteroatoms. The van der Waals surface area contributed by atoms with Crippen LogP contribution in [-0.2, 0) is 22.5 Å². The van der Waals surface area contributed by atoms with Crippen molar-refractivity contribution in [1.82, 2.24) is 20.1 Å². The standard InChI is InChI=1S/C19H21N5O2S2/c1-13-22-23-19(28-13)21-17(25)10-16-12-27-18(20-16)15-4-2-14(3-5-15)11-24-6-8-26-9-7-24/h2-5,12H,6-11H2,1H3,(H,21,23,25). The molecule has 1 aromatic carbocycles. The molecule has 1 amide bonds. The molecule has 2 aromatic heterocycles. The van der Waals surface area contributed by atoms with E-state index in [1.807, 2.05) is 12.3 Å². The average Bonchev–Trinajstić information content (AvgIpc) is 3.32. The van der Waals surface area contributed by atoms with Crippen molar-refractivity contribution in [2.24, 2.45) is 0 Å². The molecule has 0 radical (unpaired) electrons. The first kappa shape index (κ1) is 19.1. The number of carbonyl (C=O) groups is 1. The number of thiazole rings is 1. The van der Waals surface area contributed by atoms with Crippen LogP contribution in [-0.4, -0.2) is 52.3 Å². The fraction of sp³-hybridized carbons (Fsp3) is 0.368. The topological polar surface area (TPSA) is 80.2 Å². The van der Waals surface area contributed by atoms with Crippen molar-refractivity contribution in [3.8, 4) is 10.6 Å². The van der Waals surface area contributed by atoms with Crippen LogP contribution in [0.2, 0.25) is 0 Å². The van der Waals surface area contributed by atoms with Gasteiger partial charge < -0.3 is 10.1 Å². The molecular weight excluding hydrogens is 394 g/mol. The minimum atomic E-state index is -0.131. The van der Waals surface area contributed by atoms with Crippen molar-refractivity contribution in [3.63, 3.8) is 0 Å². The number of hydrogen-bond donors (Lipinski definition) is 1. The summed E-state index contributed by atoms with van der Waals surface area (Å²) in [6, 6.07) is 8.50. The van der Waals surface area contributed by atoms with Gasteiger partial charge in [-0.3, -0.25) is 9.69 Å². The lowest BCUT2D eigenvalue weighted by Crippen LogP contribution is -2.35. The highest BCUT2D eigenvalue weighted by atomic mass is 32.1. The lowest BCUT2D eigenvalue weighted by atomic mass is 10.1. The second-order valence-corrected chi connectivity index (χ2v) is 8.62. The first-order chi connectivity index (χ1) is 13.7. The van der Waals surface area contributed by atoms with E-state index in [1.54, 1.807) is 11.3 Å². The second-order valence-electron chi connectivity index (χ2n) is 6.58. The molecule has 28 heavy (non-hydrogen) atoms. The summed E-state index contributed by atoms with van der Waals surface area (Å²) < 4.78 is 5.40. The van der Waals surface area contributed by atoms with Crippen molar-refractivity contribution in [1.29, 1.82) is 0 Å². The highest BCUT2D eigenvalue weighted by molar-refractivity contribution is 7.15. The van der Waals surface area contributed by atoms with Gasteiger partial charge in [0.05, 0.1) is 25.3 Å². The fourth-order valence-electron chi connectivity index (χ4n) is 2.97. The maximum absolute atomic E-state index is 12.1. The number of morpholine rings is 1. The van der Waals surface area contributed by atoms with Crippen LogP contribution < -0.4 is 5.32 Å². The molecule has 1 saturated heterocycles. The molecule has 3 aromatic rings. The third-order valence-electron chi connectivity index (χ3n) is 4.38. The van der Waals surface area contributed by atoms with Crippen molar-refractivity contribution in [2.75, 3.05) is 31.6 Å². The summed E-state index contributed by atoms with van der Waals surface area (Å²) in [6.45, 7) is 6.38. The first-order valence-electron chi connectivity index (χ1n) is 9.09. The zero-order valence-electron chi connectivity index (χ0n) is 15.6. The highest BCUT2D eigenvalue weighted by Crippen LogP contribution is 2.25. The molecular formula is C19H21N5O2S2. The number of rotatable bonds is 6. The van der Waals surface area contributed by atoms with Crippen LogP contribution in [0, 0.1) is 6.92 Å². The zero-order chi connectivity index (χ0) is 19.3. The minimum absolute atomic E-state index is 0.131. The van der Waals surface area contributed by atoms with Crippen molar-refractivity contribution >= 4 is 33.7 Å². The van der Waals surface area contributed by atoms with Crippen LogP contribution in [0.5, 0.6) is 0 Å². The summed E-state index contributed by atoms with van der Waals surface area (Å²) >= 11 is 2.91. The Kier molecular flexibility index (Phi) is 6.06. The van der Waals surface area contributed by atoms with Crippen LogP contribution in [0.4, 0.5) is 5.13 Å². The van der Waals surface area contributed by atoms with E-state index in [0.29, 0.717) is 5.13 Å². The molecule has 7 nitrogen and oxygen atoms in total. The number of aromatic nitrogens is 3. The summed E-state index contributed by atoms with van der Waals surface area (Å²) in [4.78, 5) is 19.2. The Balaban J connectivity index is 1.34. The van der Waals surface area contributed by atoms with Gasteiger partial charge in [-0.05, 0) is 12.5 Å². The monoisotopic (exact) mass is 415 g/mol. The van der Waals surface area contributed by atoms with E-state index < -0.39 is 0 Å². The number of carbonyl (C=O) groups excluding carboxylic acids is 1. The first-order valence-corrected chi connectivity index (χ1v) is 10.8. The molecule has 1 aliphatic rings. The average molecular weight is 416 g/mol. The Labute approximate surface area is 171 Å². The Morgan fingerprint density at radius 3 is 2.71 bits per heavy atom. The third kappa shape index (κ3) is 4.99. The summed E-state index contributed by atoms with van der Waals surface area (Å²) in [6.07, 6.45) is 0.226. The number of amides is 1. The predicted molar refractivity (Wildman–Crippen MR) is 111 cm³/mol. The smallest absolute Gasteiger partial charge is 0.232 e. The van der Waals surface area contributed by atoms with E-state index in [9.17, 15) is 4.79 Å². The fourth-order valence-corrected chi connectivity index (χ4v) is 4.40. The summed E-state index contributed by atoms with van der Waals surface area (Å²) in [5.41, 5.74) is 3.12. The molecule has 3 heterocycles. The number of anilines is 1. The van der Waals surface area contributed by atoms with Crippen LogP contribution >= 0.6 is 22.7 Å². The molecule has 0 aliphatic carbocycles. The largest absolute Gasteiger partial charge is 0.379 e. The summed E-state index contributed by atoms with van der Waals surface area (Å²) in [5, 5.41) is 14.8. The number of hydrogen-bond acceptors (Lipinski definition) is 8. The number of benzene rings is 1. The Hall–Kier alpha value is -2.20. The van der Waals surface area contributed by atoms with E-state index in [-0.39, 0.29) is 12.3 Å². The number of nitrogens with zero attached hydrogens (tertiary/aromatic N) is 4. The number of nitrogens with one attached hydrogen (secondary N) is 1. The van der Waals surface area contributed by atoms with Gasteiger partial charge >= 0.3 is 0 Å². The molecule has 1 fully saturated rings. The van der Waals surface area contributed by atoms with Crippen LogP contribution in [0.15, 0.2) is 29.6 Å². The quantitative estimate of drug-likeness (QED) is 0.667. The summed E-state index contributed by atoms with van der Waals surface area (Å²) in [5.74, 6) is -0.131. The van der Waals surface area contributed by atoms with Gasteiger partial charge in [0, 0.05) is 30.6 Å². The molecule has 0 spiro atoms. The second kappa shape index (κ2) is 8.87. The van der Waals surface area contributed by atoms with Gasteiger partial charge in [0.25, 0.3) is 0 Å². The van der Waals surface area contributed by atoms with Gasteiger partial charge in [-0.1, -0.05) is 35.6 Å². The molecule has 146 valence electrons. The van der Waals surface area contributed by atoms with Crippen LogP contribution in [0.25, 0.3) is 10.6 Å². The van der Waals surface area contributed by atoms with E-state index in [2.05, 4.69) is 49.7 Å².